The number of aromatic amines is 1. The van der Waals surface area contributed by atoms with E-state index in [1.807, 2.05) is 24.3 Å². The number of aromatic nitrogens is 2. The predicted octanol–water partition coefficient (Wildman–Crippen LogP) is 1.79. The molecule has 0 radical (unpaired) electrons. The second-order valence-electron chi connectivity index (χ2n) is 4.72. The molecule has 1 aliphatic rings. The van der Waals surface area contributed by atoms with Crippen molar-refractivity contribution in [3.8, 4) is 0 Å². The van der Waals surface area contributed by atoms with E-state index in [0.717, 1.165) is 40.8 Å². The van der Waals surface area contributed by atoms with Crippen molar-refractivity contribution in [2.24, 2.45) is 0 Å². The topological polar surface area (TPSA) is 69.8 Å². The maximum absolute atomic E-state index is 11.6. The van der Waals surface area contributed by atoms with Crippen molar-refractivity contribution < 1.29 is 0 Å². The van der Waals surface area contributed by atoms with Gasteiger partial charge in [-0.1, -0.05) is 34.1 Å². The summed E-state index contributed by atoms with van der Waals surface area (Å²) in [7, 11) is 0. The monoisotopic (exact) mass is 334 g/mol. The van der Waals surface area contributed by atoms with Gasteiger partial charge in [0, 0.05) is 41.8 Å². The summed E-state index contributed by atoms with van der Waals surface area (Å²) in [5, 5.41) is 6.57. The fourth-order valence-corrected chi connectivity index (χ4v) is 2.77. The van der Waals surface area contributed by atoms with E-state index < -0.39 is 0 Å². The minimum Gasteiger partial charge on any atom is -0.365 e. The Hall–Kier alpha value is -1.66. The van der Waals surface area contributed by atoms with Crippen molar-refractivity contribution in [1.82, 2.24) is 15.3 Å². The maximum atomic E-state index is 11.6. The second kappa shape index (κ2) is 5.76. The number of halogens is 1. The molecule has 0 unspecified atom stereocenters. The molecule has 0 bridgehead atoms. The third-order valence-electron chi connectivity index (χ3n) is 3.38. The number of fused-ring (bicyclic) bond motifs is 1. The van der Waals surface area contributed by atoms with Gasteiger partial charge in [0.25, 0.3) is 0 Å². The summed E-state index contributed by atoms with van der Waals surface area (Å²) < 4.78 is 1.05. The minimum absolute atomic E-state index is 0.291. The third-order valence-corrected chi connectivity index (χ3v) is 4.15. The van der Waals surface area contributed by atoms with Gasteiger partial charge in [-0.15, -0.1) is 0 Å². The number of nitrogens with zero attached hydrogens (tertiary/aromatic N) is 1. The molecule has 6 heteroatoms. The van der Waals surface area contributed by atoms with Crippen LogP contribution in [0.1, 0.15) is 16.8 Å². The van der Waals surface area contributed by atoms with Crippen LogP contribution in [0, 0.1) is 0 Å². The molecule has 5 nitrogen and oxygen atoms in total. The Labute approximate surface area is 125 Å². The van der Waals surface area contributed by atoms with Crippen LogP contribution in [0.15, 0.2) is 33.5 Å². The molecule has 2 aromatic rings. The Morgan fingerprint density at radius 3 is 3.05 bits per heavy atom. The molecule has 0 amide bonds. The van der Waals surface area contributed by atoms with Gasteiger partial charge >= 0.3 is 5.69 Å². The van der Waals surface area contributed by atoms with Crippen LogP contribution in [0.5, 0.6) is 0 Å². The van der Waals surface area contributed by atoms with E-state index in [2.05, 4.69) is 36.5 Å². The molecule has 104 valence electrons. The number of benzene rings is 1. The normalized spacial score (nSPS) is 13.8. The van der Waals surface area contributed by atoms with Crippen molar-refractivity contribution >= 4 is 21.7 Å². The first-order valence-electron chi connectivity index (χ1n) is 6.54. The maximum Gasteiger partial charge on any atom is 0.347 e. The molecule has 1 aromatic carbocycles. The summed E-state index contributed by atoms with van der Waals surface area (Å²) in [6, 6.07) is 8.00. The minimum atomic E-state index is -0.291. The lowest BCUT2D eigenvalue weighted by atomic mass is 10.1. The molecule has 0 saturated carbocycles. The summed E-state index contributed by atoms with van der Waals surface area (Å²) in [6.07, 6.45) is 0.830. The van der Waals surface area contributed by atoms with Crippen LogP contribution < -0.4 is 16.3 Å². The Bertz CT molecular complexity index is 683. The highest BCUT2D eigenvalue weighted by atomic mass is 79.9. The highest BCUT2D eigenvalue weighted by Crippen LogP contribution is 2.20. The van der Waals surface area contributed by atoms with E-state index in [-0.39, 0.29) is 5.69 Å². The highest BCUT2D eigenvalue weighted by molar-refractivity contribution is 9.10. The molecule has 0 spiro atoms. The van der Waals surface area contributed by atoms with E-state index in [4.69, 9.17) is 0 Å². The zero-order valence-corrected chi connectivity index (χ0v) is 12.5. The van der Waals surface area contributed by atoms with E-state index in [1.165, 1.54) is 0 Å². The number of nitrogens with one attached hydrogen (secondary N) is 3. The van der Waals surface area contributed by atoms with Gasteiger partial charge in [0.2, 0.25) is 0 Å². The molecular formula is C14H15BrN4O. The van der Waals surface area contributed by atoms with Gasteiger partial charge < -0.3 is 15.6 Å². The lowest BCUT2D eigenvalue weighted by Gasteiger charge is -2.19. The standard InChI is InChI=1S/C14H15BrN4O/c15-11-4-2-1-3-9(11)7-17-13-10-8-16-6-5-12(10)18-14(20)19-13/h1-4,16H,5-8H2,(H2,17,18,19,20). The molecule has 3 rings (SSSR count). The quantitative estimate of drug-likeness (QED) is 0.800. The zero-order chi connectivity index (χ0) is 13.9. The smallest absolute Gasteiger partial charge is 0.347 e. The molecule has 1 aliphatic heterocycles. The van der Waals surface area contributed by atoms with Crippen LogP contribution in [0.3, 0.4) is 0 Å². The van der Waals surface area contributed by atoms with Crippen molar-refractivity contribution in [3.63, 3.8) is 0 Å². The molecule has 3 N–H and O–H groups in total. The lowest BCUT2D eigenvalue weighted by molar-refractivity contribution is 0.623. The summed E-state index contributed by atoms with van der Waals surface area (Å²) in [5.41, 5.74) is 2.88. The van der Waals surface area contributed by atoms with Gasteiger partial charge in [-0.25, -0.2) is 4.79 Å². The summed E-state index contributed by atoms with van der Waals surface area (Å²) in [5.74, 6) is 0.673. The fourth-order valence-electron chi connectivity index (χ4n) is 2.34. The molecule has 2 heterocycles. The zero-order valence-electron chi connectivity index (χ0n) is 10.9. The van der Waals surface area contributed by atoms with Gasteiger partial charge in [0.1, 0.15) is 5.82 Å². The molecule has 0 atom stereocenters. The first-order chi connectivity index (χ1) is 9.74. The first-order valence-corrected chi connectivity index (χ1v) is 7.33. The van der Waals surface area contributed by atoms with Gasteiger partial charge in [-0.2, -0.15) is 4.98 Å². The third kappa shape index (κ3) is 2.76. The Morgan fingerprint density at radius 1 is 1.35 bits per heavy atom. The van der Waals surface area contributed by atoms with Crippen LogP contribution in [0.2, 0.25) is 0 Å². The number of H-pyrrole nitrogens is 1. The average Bonchev–Trinajstić information content (AvgIpc) is 2.46. The van der Waals surface area contributed by atoms with Crippen LogP contribution >= 0.6 is 15.9 Å². The Morgan fingerprint density at radius 2 is 2.20 bits per heavy atom. The number of hydrogen-bond acceptors (Lipinski definition) is 4. The average molecular weight is 335 g/mol. The van der Waals surface area contributed by atoms with Crippen molar-refractivity contribution in [1.29, 1.82) is 0 Å². The number of rotatable bonds is 3. The molecule has 0 saturated heterocycles. The van der Waals surface area contributed by atoms with Gasteiger partial charge in [0.15, 0.2) is 0 Å². The lowest BCUT2D eigenvalue weighted by Crippen LogP contribution is -2.30. The van der Waals surface area contributed by atoms with Crippen molar-refractivity contribution in [3.05, 3.63) is 56.0 Å². The molecule has 0 aliphatic carbocycles. The summed E-state index contributed by atoms with van der Waals surface area (Å²) in [6.45, 7) is 2.25. The SMILES string of the molecule is O=c1nc(NCc2ccccc2Br)c2c([nH]1)CCNC2. The molecular weight excluding hydrogens is 320 g/mol. The number of anilines is 1. The fraction of sp³-hybridized carbons (Fsp3) is 0.286. The van der Waals surface area contributed by atoms with E-state index in [9.17, 15) is 4.79 Å². The van der Waals surface area contributed by atoms with E-state index >= 15 is 0 Å². The predicted molar refractivity (Wildman–Crippen MR) is 81.7 cm³/mol. The van der Waals surface area contributed by atoms with Crippen LogP contribution in [-0.4, -0.2) is 16.5 Å². The van der Waals surface area contributed by atoms with Crippen molar-refractivity contribution in [2.75, 3.05) is 11.9 Å². The molecule has 0 fully saturated rings. The molecule has 20 heavy (non-hydrogen) atoms. The van der Waals surface area contributed by atoms with E-state index in [1.54, 1.807) is 0 Å². The largest absolute Gasteiger partial charge is 0.365 e. The second-order valence-corrected chi connectivity index (χ2v) is 5.57. The Balaban J connectivity index is 1.86. The number of hydrogen-bond donors (Lipinski definition) is 3. The Kier molecular flexibility index (Phi) is 3.84. The van der Waals surface area contributed by atoms with Gasteiger partial charge in [-0.05, 0) is 11.6 Å². The first kappa shape index (κ1) is 13.3. The van der Waals surface area contributed by atoms with Crippen molar-refractivity contribution in [2.45, 2.75) is 19.5 Å². The van der Waals surface area contributed by atoms with E-state index in [0.29, 0.717) is 12.4 Å². The molecule has 1 aromatic heterocycles. The summed E-state index contributed by atoms with van der Waals surface area (Å²) in [4.78, 5) is 18.5. The van der Waals surface area contributed by atoms with Crippen LogP contribution in [0.4, 0.5) is 5.82 Å². The van der Waals surface area contributed by atoms with Gasteiger partial charge in [0.05, 0.1) is 0 Å². The highest BCUT2D eigenvalue weighted by Gasteiger charge is 2.15. The van der Waals surface area contributed by atoms with Crippen LogP contribution in [-0.2, 0) is 19.5 Å². The summed E-state index contributed by atoms with van der Waals surface area (Å²) >= 11 is 3.52. The van der Waals surface area contributed by atoms with Gasteiger partial charge in [-0.3, -0.25) is 0 Å². The van der Waals surface area contributed by atoms with Crippen LogP contribution in [0.25, 0.3) is 0 Å².